The molecule has 0 saturated heterocycles. The van der Waals surface area contributed by atoms with Crippen LogP contribution in [0.5, 0.6) is 0 Å². The molecule has 0 spiro atoms. The molecule has 6 heteroatoms. The fourth-order valence-corrected chi connectivity index (χ4v) is 12.7. The van der Waals surface area contributed by atoms with Gasteiger partial charge in [-0.2, -0.15) is 0 Å². The third-order valence-electron chi connectivity index (χ3n) is 14.0. The van der Waals surface area contributed by atoms with Crippen molar-refractivity contribution in [2.75, 3.05) is 0 Å². The zero-order valence-corrected chi connectivity index (χ0v) is 27.0. The second-order valence-electron chi connectivity index (χ2n) is 15.6. The summed E-state index contributed by atoms with van der Waals surface area (Å²) in [6, 6.07) is 0. The summed E-state index contributed by atoms with van der Waals surface area (Å²) in [6.45, 7) is 11.5. The monoisotopic (exact) mass is 574 g/mol. The Hall–Kier alpha value is -0.270. The molecule has 5 fully saturated rings. The number of fused-ring (bicyclic) bond motifs is 5. The van der Waals surface area contributed by atoms with E-state index >= 15 is 0 Å². The van der Waals surface area contributed by atoms with Crippen LogP contribution in [0, 0.1) is 28.6 Å². The Bertz CT molecular complexity index is 910. The molecule has 5 aliphatic carbocycles. The molecule has 0 amide bonds. The summed E-state index contributed by atoms with van der Waals surface area (Å²) < 4.78 is 15.9. The Labute approximate surface area is 249 Å². The van der Waals surface area contributed by atoms with Gasteiger partial charge in [0.2, 0.25) is 0 Å². The van der Waals surface area contributed by atoms with Gasteiger partial charge in [0.15, 0.2) is 0 Å². The van der Waals surface area contributed by atoms with Gasteiger partial charge in [-0.05, 0) is 118 Å². The van der Waals surface area contributed by atoms with Gasteiger partial charge < -0.3 is 21.8 Å². The first kappa shape index (κ1) is 31.2. The van der Waals surface area contributed by atoms with Crippen LogP contribution in [-0.2, 0) is 11.4 Å². The summed E-state index contributed by atoms with van der Waals surface area (Å²) >= 11 is -0.963. The van der Waals surface area contributed by atoms with Gasteiger partial charge in [-0.3, -0.25) is 0 Å². The van der Waals surface area contributed by atoms with E-state index in [2.05, 4.69) is 32.1 Å². The summed E-state index contributed by atoms with van der Waals surface area (Å²) in [5.41, 5.74) is 23.3. The second-order valence-corrected chi connectivity index (χ2v) is 17.1. The lowest BCUT2D eigenvalue weighted by Crippen LogP contribution is -2.84. The van der Waals surface area contributed by atoms with Crippen molar-refractivity contribution < 1.29 is 4.55 Å². The molecule has 0 aromatic carbocycles. The van der Waals surface area contributed by atoms with Crippen LogP contribution in [0.25, 0.3) is 0 Å². The van der Waals surface area contributed by atoms with Crippen LogP contribution in [0.3, 0.4) is 0 Å². The largest absolute Gasteiger partial charge is 0.593 e. The van der Waals surface area contributed by atoms with Crippen molar-refractivity contribution >= 4 is 11.4 Å². The molecule has 7 N–H and O–H groups in total. The SMILES string of the molecule is C=C(CCCCCC1CC[C@]2(N)C1(C)CC[C@@H]1C3(C)CCCCC3(N)[C@@H](CC)CC12N)N[S+]([O-])C1CCCCC1. The lowest BCUT2D eigenvalue weighted by atomic mass is 9.36. The highest BCUT2D eigenvalue weighted by molar-refractivity contribution is 7.90. The molecule has 0 aromatic heterocycles. The summed E-state index contributed by atoms with van der Waals surface area (Å²) in [7, 11) is 0. The molecule has 0 aliphatic heterocycles. The Morgan fingerprint density at radius 2 is 1.55 bits per heavy atom. The van der Waals surface area contributed by atoms with Crippen molar-refractivity contribution in [3.63, 3.8) is 0 Å². The molecule has 0 aromatic rings. The Kier molecular flexibility index (Phi) is 9.09. The molecular formula is C34H62N4OS. The molecule has 6 unspecified atom stereocenters. The quantitative estimate of drug-likeness (QED) is 0.166. The molecule has 0 heterocycles. The molecule has 230 valence electrons. The van der Waals surface area contributed by atoms with E-state index in [0.717, 1.165) is 57.1 Å². The number of hydrogen-bond donors (Lipinski definition) is 4. The van der Waals surface area contributed by atoms with Crippen molar-refractivity contribution in [3.05, 3.63) is 12.3 Å². The number of rotatable bonds is 10. The van der Waals surface area contributed by atoms with Crippen molar-refractivity contribution in [1.29, 1.82) is 0 Å². The average molecular weight is 575 g/mol. The fourth-order valence-electron chi connectivity index (χ4n) is 11.4. The van der Waals surface area contributed by atoms with E-state index in [4.69, 9.17) is 17.2 Å². The standard InChI is InChI=1S/C34H62N4OS/c1-5-26-24-33(36)29(31(4)20-12-13-21-32(26,31)35)19-22-30(3)27(18-23-34(30,33)37)15-9-6-8-14-25(2)38-40(39)28-16-10-7-11-17-28/h26-29,38H,2,5-24,35-37H2,1,3-4H3/t26-,27?,29+,30?,31?,32?,33?,34-,40?/m0/s1. The van der Waals surface area contributed by atoms with Crippen LogP contribution in [0.4, 0.5) is 0 Å². The van der Waals surface area contributed by atoms with Gasteiger partial charge in [-0.15, -0.1) is 0 Å². The molecule has 0 radical (unpaired) electrons. The highest BCUT2D eigenvalue weighted by Crippen LogP contribution is 2.71. The van der Waals surface area contributed by atoms with Crippen LogP contribution < -0.4 is 21.9 Å². The number of allylic oxidation sites excluding steroid dienone is 1. The van der Waals surface area contributed by atoms with Crippen LogP contribution in [0.2, 0.25) is 0 Å². The number of nitrogens with one attached hydrogen (secondary N) is 1. The van der Waals surface area contributed by atoms with E-state index in [1.54, 1.807) is 0 Å². The molecule has 5 rings (SSSR count). The Balaban J connectivity index is 1.18. The molecular weight excluding hydrogens is 512 g/mol. The minimum Gasteiger partial charge on any atom is -0.593 e. The lowest BCUT2D eigenvalue weighted by Gasteiger charge is -2.73. The highest BCUT2D eigenvalue weighted by Gasteiger charge is 2.74. The van der Waals surface area contributed by atoms with E-state index < -0.39 is 11.4 Å². The summed E-state index contributed by atoms with van der Waals surface area (Å²) in [5, 5.41) is 0.310. The normalized spacial score (nSPS) is 46.2. The van der Waals surface area contributed by atoms with Gasteiger partial charge in [0.25, 0.3) is 0 Å². The van der Waals surface area contributed by atoms with Crippen LogP contribution in [0.15, 0.2) is 12.3 Å². The molecule has 0 bridgehead atoms. The average Bonchev–Trinajstić information content (AvgIpc) is 3.20. The maximum Gasteiger partial charge on any atom is 0.141 e. The Morgan fingerprint density at radius 1 is 0.825 bits per heavy atom. The molecule has 5 saturated carbocycles. The van der Waals surface area contributed by atoms with Crippen molar-refractivity contribution in [1.82, 2.24) is 4.72 Å². The van der Waals surface area contributed by atoms with Gasteiger partial charge in [0.05, 0.1) is 17.1 Å². The zero-order valence-electron chi connectivity index (χ0n) is 26.2. The van der Waals surface area contributed by atoms with E-state index in [0.29, 0.717) is 23.0 Å². The summed E-state index contributed by atoms with van der Waals surface area (Å²) in [5.74, 6) is 1.56. The number of unbranched alkanes of at least 4 members (excludes halogenated alkanes) is 2. The fraction of sp³-hybridized carbons (Fsp3) is 0.941. The first-order valence-electron chi connectivity index (χ1n) is 17.2. The van der Waals surface area contributed by atoms with E-state index in [1.165, 1.54) is 77.0 Å². The van der Waals surface area contributed by atoms with Gasteiger partial charge >= 0.3 is 0 Å². The van der Waals surface area contributed by atoms with Crippen LogP contribution in [0.1, 0.15) is 149 Å². The van der Waals surface area contributed by atoms with Gasteiger partial charge in [-0.1, -0.05) is 65.9 Å². The number of nitrogens with two attached hydrogens (primary N) is 3. The first-order chi connectivity index (χ1) is 19.0. The predicted molar refractivity (Wildman–Crippen MR) is 170 cm³/mol. The van der Waals surface area contributed by atoms with E-state index in [1.807, 2.05) is 0 Å². The van der Waals surface area contributed by atoms with E-state index in [9.17, 15) is 4.55 Å². The predicted octanol–water partition coefficient (Wildman–Crippen LogP) is 6.97. The highest BCUT2D eigenvalue weighted by atomic mass is 32.2. The second kappa shape index (κ2) is 11.7. The third kappa shape index (κ3) is 4.82. The zero-order chi connectivity index (χ0) is 28.8. The maximum atomic E-state index is 12.7. The molecule has 40 heavy (non-hydrogen) atoms. The minimum atomic E-state index is -0.963. The van der Waals surface area contributed by atoms with Gasteiger partial charge in [0.1, 0.15) is 5.25 Å². The smallest absolute Gasteiger partial charge is 0.141 e. The first-order valence-corrected chi connectivity index (χ1v) is 18.4. The lowest BCUT2D eigenvalue weighted by molar-refractivity contribution is -0.169. The van der Waals surface area contributed by atoms with Gasteiger partial charge in [0, 0.05) is 16.6 Å². The topological polar surface area (TPSA) is 113 Å². The van der Waals surface area contributed by atoms with Gasteiger partial charge in [-0.25, -0.2) is 4.72 Å². The third-order valence-corrected chi connectivity index (χ3v) is 15.6. The van der Waals surface area contributed by atoms with Crippen molar-refractivity contribution in [2.45, 2.75) is 171 Å². The molecule has 9 atom stereocenters. The summed E-state index contributed by atoms with van der Waals surface area (Å²) in [6.07, 6.45) is 23.3. The maximum absolute atomic E-state index is 12.7. The van der Waals surface area contributed by atoms with E-state index in [-0.39, 0.29) is 27.4 Å². The minimum absolute atomic E-state index is 0.0858. The summed E-state index contributed by atoms with van der Waals surface area (Å²) in [4.78, 5) is 0. The van der Waals surface area contributed by atoms with Crippen LogP contribution >= 0.6 is 0 Å². The molecule has 5 nitrogen and oxygen atoms in total. The Morgan fingerprint density at radius 3 is 2.27 bits per heavy atom. The number of hydrogen-bond acceptors (Lipinski definition) is 5. The van der Waals surface area contributed by atoms with Crippen LogP contribution in [-0.4, -0.2) is 26.4 Å². The van der Waals surface area contributed by atoms with Crippen molar-refractivity contribution in [3.8, 4) is 0 Å². The molecule has 5 aliphatic rings. The van der Waals surface area contributed by atoms with Crippen molar-refractivity contribution in [2.24, 2.45) is 45.8 Å².